The van der Waals surface area contributed by atoms with Gasteiger partial charge in [-0.15, -0.1) is 0 Å². The van der Waals surface area contributed by atoms with E-state index in [1.807, 2.05) is 49.4 Å². The zero-order valence-electron chi connectivity index (χ0n) is 13.1. The Labute approximate surface area is 139 Å². The Bertz CT molecular complexity index is 919. The van der Waals surface area contributed by atoms with E-state index in [4.69, 9.17) is 9.84 Å². The second-order valence-corrected chi connectivity index (χ2v) is 5.28. The number of nitrogens with zero attached hydrogens (tertiary/aromatic N) is 2. The number of carboxylic acid groups (broad SMARTS) is 1. The molecule has 0 atom stereocenters. The molecular formula is C19H16N2O3. The van der Waals surface area contributed by atoms with E-state index in [1.54, 1.807) is 6.07 Å². The first-order valence-electron chi connectivity index (χ1n) is 7.48. The summed E-state index contributed by atoms with van der Waals surface area (Å²) in [5.74, 6) is -0.333. The smallest absolute Gasteiger partial charge is 0.328 e. The molecule has 3 aromatic rings. The largest absolute Gasteiger partial charge is 0.487 e. The van der Waals surface area contributed by atoms with Gasteiger partial charge in [-0.05, 0) is 42.8 Å². The predicted molar refractivity (Wildman–Crippen MR) is 91.7 cm³/mol. The van der Waals surface area contributed by atoms with E-state index in [9.17, 15) is 4.79 Å². The third-order valence-corrected chi connectivity index (χ3v) is 3.49. The first-order valence-corrected chi connectivity index (χ1v) is 7.48. The molecule has 0 fully saturated rings. The Balaban J connectivity index is 1.77. The minimum atomic E-state index is -0.983. The molecule has 120 valence electrons. The Hall–Kier alpha value is -3.21. The molecule has 0 saturated carbocycles. The monoisotopic (exact) mass is 320 g/mol. The molecule has 0 aliphatic heterocycles. The van der Waals surface area contributed by atoms with Crippen LogP contribution >= 0.6 is 0 Å². The lowest BCUT2D eigenvalue weighted by Gasteiger charge is -2.09. The van der Waals surface area contributed by atoms with Gasteiger partial charge < -0.3 is 9.84 Å². The van der Waals surface area contributed by atoms with Gasteiger partial charge in [-0.3, -0.25) is 0 Å². The van der Waals surface area contributed by atoms with Gasteiger partial charge in [0.1, 0.15) is 12.4 Å². The van der Waals surface area contributed by atoms with Gasteiger partial charge in [-0.1, -0.05) is 24.3 Å². The maximum absolute atomic E-state index is 10.6. The van der Waals surface area contributed by atoms with Crippen LogP contribution in [0.15, 0.2) is 54.6 Å². The fourth-order valence-electron chi connectivity index (χ4n) is 2.29. The average Bonchev–Trinajstić information content (AvgIpc) is 2.58. The van der Waals surface area contributed by atoms with Crippen molar-refractivity contribution in [2.75, 3.05) is 0 Å². The third-order valence-electron chi connectivity index (χ3n) is 3.49. The second kappa shape index (κ2) is 6.91. The molecule has 3 rings (SSSR count). The summed E-state index contributed by atoms with van der Waals surface area (Å²) in [7, 11) is 0. The second-order valence-electron chi connectivity index (χ2n) is 5.28. The highest BCUT2D eigenvalue weighted by molar-refractivity contribution is 5.85. The molecule has 2 aromatic carbocycles. The first kappa shape index (κ1) is 15.7. The number of fused-ring (bicyclic) bond motifs is 1. The van der Waals surface area contributed by atoms with Crippen LogP contribution in [0.5, 0.6) is 5.75 Å². The van der Waals surface area contributed by atoms with E-state index in [0.29, 0.717) is 12.4 Å². The molecule has 1 heterocycles. The maximum atomic E-state index is 10.6. The number of benzene rings is 2. The fraction of sp³-hybridized carbons (Fsp3) is 0.105. The highest BCUT2D eigenvalue weighted by Gasteiger charge is 2.06. The van der Waals surface area contributed by atoms with Crippen molar-refractivity contribution in [3.63, 3.8) is 0 Å². The number of aromatic nitrogens is 2. The number of hydrogen-bond acceptors (Lipinski definition) is 4. The van der Waals surface area contributed by atoms with Crippen molar-refractivity contribution in [1.82, 2.24) is 9.97 Å². The average molecular weight is 320 g/mol. The lowest BCUT2D eigenvalue weighted by atomic mass is 10.2. The molecule has 5 heteroatoms. The van der Waals surface area contributed by atoms with E-state index in [0.717, 1.165) is 34.1 Å². The zero-order valence-corrected chi connectivity index (χ0v) is 13.1. The summed E-state index contributed by atoms with van der Waals surface area (Å²) >= 11 is 0. The maximum Gasteiger partial charge on any atom is 0.328 e. The molecule has 1 aromatic heterocycles. The van der Waals surface area contributed by atoms with E-state index >= 15 is 0 Å². The van der Waals surface area contributed by atoms with Gasteiger partial charge >= 0.3 is 5.97 Å². The zero-order chi connectivity index (χ0) is 16.9. The number of ether oxygens (including phenoxy) is 1. The highest BCUT2D eigenvalue weighted by atomic mass is 16.5. The summed E-state index contributed by atoms with van der Waals surface area (Å²) in [5, 5.41) is 8.68. The van der Waals surface area contributed by atoms with Crippen molar-refractivity contribution in [3.05, 3.63) is 71.6 Å². The van der Waals surface area contributed by atoms with Gasteiger partial charge in [0.25, 0.3) is 0 Å². The SMILES string of the molecule is Cc1nc2ccccc2nc1COc1cccc(/C=C/C(=O)O)c1. The van der Waals surface area contributed by atoms with Crippen LogP contribution in [0.1, 0.15) is 17.0 Å². The normalized spacial score (nSPS) is 11.0. The number of aliphatic carboxylic acids is 1. The first-order chi connectivity index (χ1) is 11.6. The molecule has 0 bridgehead atoms. The van der Waals surface area contributed by atoms with Gasteiger partial charge in [0, 0.05) is 6.08 Å². The molecule has 0 saturated heterocycles. The molecule has 0 unspecified atom stereocenters. The Morgan fingerprint density at radius 3 is 2.62 bits per heavy atom. The molecule has 0 aliphatic carbocycles. The molecule has 0 aliphatic rings. The third kappa shape index (κ3) is 3.76. The van der Waals surface area contributed by atoms with E-state index in [1.165, 1.54) is 6.08 Å². The van der Waals surface area contributed by atoms with Crippen LogP contribution in [0.3, 0.4) is 0 Å². The summed E-state index contributed by atoms with van der Waals surface area (Å²) in [6.07, 6.45) is 2.62. The van der Waals surface area contributed by atoms with Crippen molar-refractivity contribution in [2.24, 2.45) is 0 Å². The molecule has 0 spiro atoms. The quantitative estimate of drug-likeness (QED) is 0.727. The van der Waals surface area contributed by atoms with Crippen molar-refractivity contribution in [1.29, 1.82) is 0 Å². The predicted octanol–water partition coefficient (Wildman–Crippen LogP) is 3.62. The fourth-order valence-corrected chi connectivity index (χ4v) is 2.29. The number of rotatable bonds is 5. The molecule has 1 N–H and O–H groups in total. The summed E-state index contributed by atoms with van der Waals surface area (Å²) in [6.45, 7) is 2.21. The molecule has 24 heavy (non-hydrogen) atoms. The van der Waals surface area contributed by atoms with Crippen LogP contribution in [-0.4, -0.2) is 21.0 Å². The topological polar surface area (TPSA) is 72.3 Å². The van der Waals surface area contributed by atoms with Gasteiger partial charge in [0.15, 0.2) is 0 Å². The minimum absolute atomic E-state index is 0.301. The van der Waals surface area contributed by atoms with Crippen molar-refractivity contribution >= 4 is 23.1 Å². The number of carboxylic acids is 1. The summed E-state index contributed by atoms with van der Waals surface area (Å²) in [6, 6.07) is 14.9. The highest BCUT2D eigenvalue weighted by Crippen LogP contribution is 2.18. The van der Waals surface area contributed by atoms with Gasteiger partial charge in [-0.25, -0.2) is 14.8 Å². The van der Waals surface area contributed by atoms with Crippen molar-refractivity contribution < 1.29 is 14.6 Å². The molecule has 0 radical (unpaired) electrons. The van der Waals surface area contributed by atoms with Crippen LogP contribution in [0.2, 0.25) is 0 Å². The van der Waals surface area contributed by atoms with Crippen LogP contribution < -0.4 is 4.74 Å². The lowest BCUT2D eigenvalue weighted by Crippen LogP contribution is -2.03. The summed E-state index contributed by atoms with van der Waals surface area (Å²) < 4.78 is 5.79. The molecule has 0 amide bonds. The Morgan fingerprint density at radius 1 is 1.12 bits per heavy atom. The summed E-state index contributed by atoms with van der Waals surface area (Å²) in [5.41, 5.74) is 4.06. The van der Waals surface area contributed by atoms with E-state index in [2.05, 4.69) is 9.97 Å². The molecule has 5 nitrogen and oxygen atoms in total. The summed E-state index contributed by atoms with van der Waals surface area (Å²) in [4.78, 5) is 19.7. The van der Waals surface area contributed by atoms with Crippen LogP contribution in [-0.2, 0) is 11.4 Å². The van der Waals surface area contributed by atoms with E-state index < -0.39 is 5.97 Å². The molecular weight excluding hydrogens is 304 g/mol. The minimum Gasteiger partial charge on any atom is -0.487 e. The van der Waals surface area contributed by atoms with Crippen LogP contribution in [0, 0.1) is 6.92 Å². The van der Waals surface area contributed by atoms with Crippen molar-refractivity contribution in [2.45, 2.75) is 13.5 Å². The van der Waals surface area contributed by atoms with Crippen LogP contribution in [0.4, 0.5) is 0 Å². The van der Waals surface area contributed by atoms with Gasteiger partial charge in [-0.2, -0.15) is 0 Å². The van der Waals surface area contributed by atoms with Crippen LogP contribution in [0.25, 0.3) is 17.1 Å². The number of carbonyl (C=O) groups is 1. The number of hydrogen-bond donors (Lipinski definition) is 1. The van der Waals surface area contributed by atoms with Crippen molar-refractivity contribution in [3.8, 4) is 5.75 Å². The number of para-hydroxylation sites is 2. The standard InChI is InChI=1S/C19H16N2O3/c1-13-18(21-17-8-3-2-7-16(17)20-13)12-24-15-6-4-5-14(11-15)9-10-19(22)23/h2-11H,12H2,1H3,(H,22,23)/b10-9+. The van der Waals surface area contributed by atoms with E-state index in [-0.39, 0.29) is 0 Å². The van der Waals surface area contributed by atoms with Gasteiger partial charge in [0.2, 0.25) is 0 Å². The number of aryl methyl sites for hydroxylation is 1. The lowest BCUT2D eigenvalue weighted by molar-refractivity contribution is -0.131. The van der Waals surface area contributed by atoms with Gasteiger partial charge in [0.05, 0.1) is 22.4 Å². The Morgan fingerprint density at radius 2 is 1.88 bits per heavy atom. The Kier molecular flexibility index (Phi) is 4.52.